The second-order valence-electron chi connectivity index (χ2n) is 4.54. The molecule has 1 aromatic rings. The van der Waals surface area contributed by atoms with E-state index in [1.165, 1.54) is 12.1 Å². The zero-order chi connectivity index (χ0) is 13.6. The van der Waals surface area contributed by atoms with Gasteiger partial charge in [0.2, 0.25) is 0 Å². The van der Waals surface area contributed by atoms with Gasteiger partial charge in [-0.25, -0.2) is 8.78 Å². The van der Waals surface area contributed by atoms with E-state index in [-0.39, 0.29) is 17.7 Å². The predicted molar refractivity (Wildman–Crippen MR) is 68.6 cm³/mol. The molecule has 0 aliphatic rings. The molecule has 0 radical (unpaired) electrons. The molecular formula is C14H21F2NO. The first kappa shape index (κ1) is 15.1. The second-order valence-corrected chi connectivity index (χ2v) is 4.54. The lowest BCUT2D eigenvalue weighted by molar-refractivity contribution is 0.149. The summed E-state index contributed by atoms with van der Waals surface area (Å²) in [6.07, 6.45) is -0.764. The molecule has 1 aromatic carbocycles. The molecule has 102 valence electrons. The van der Waals surface area contributed by atoms with Crippen molar-refractivity contribution in [3.8, 4) is 0 Å². The summed E-state index contributed by atoms with van der Waals surface area (Å²) in [5, 5.41) is 12.7. The fourth-order valence-electron chi connectivity index (χ4n) is 1.85. The van der Waals surface area contributed by atoms with Gasteiger partial charge in [-0.2, -0.15) is 0 Å². The van der Waals surface area contributed by atoms with E-state index in [1.807, 2.05) is 13.8 Å². The molecular weight excluding hydrogens is 236 g/mol. The molecule has 0 saturated heterocycles. The van der Waals surface area contributed by atoms with E-state index in [9.17, 15) is 13.9 Å². The Bertz CT molecular complexity index is 339. The van der Waals surface area contributed by atoms with Crippen LogP contribution in [0.25, 0.3) is 0 Å². The summed E-state index contributed by atoms with van der Waals surface area (Å²) in [6.45, 7) is 4.69. The second kappa shape index (κ2) is 6.81. The maximum atomic E-state index is 12.4. The Balaban J connectivity index is 2.62. The van der Waals surface area contributed by atoms with Gasteiger partial charge in [-0.15, -0.1) is 0 Å². The minimum Gasteiger partial charge on any atom is -0.394 e. The third-order valence-corrected chi connectivity index (χ3v) is 3.56. The number of halogens is 2. The number of aliphatic hydroxyl groups is 1. The van der Waals surface area contributed by atoms with Gasteiger partial charge in [-0.1, -0.05) is 38.1 Å². The number of aliphatic hydroxyl groups excluding tert-OH is 1. The lowest BCUT2D eigenvalue weighted by atomic mass is 9.93. The Kier molecular flexibility index (Phi) is 5.69. The Morgan fingerprint density at radius 3 is 2.11 bits per heavy atom. The van der Waals surface area contributed by atoms with Crippen molar-refractivity contribution in [2.24, 2.45) is 0 Å². The summed E-state index contributed by atoms with van der Waals surface area (Å²) >= 11 is 0. The van der Waals surface area contributed by atoms with Crippen molar-refractivity contribution in [2.75, 3.05) is 6.61 Å². The summed E-state index contributed by atoms with van der Waals surface area (Å²) < 4.78 is 24.8. The molecule has 0 amide bonds. The third kappa shape index (κ3) is 3.75. The molecule has 0 unspecified atom stereocenters. The molecule has 1 rings (SSSR count). The van der Waals surface area contributed by atoms with Crippen molar-refractivity contribution in [3.05, 3.63) is 35.4 Å². The van der Waals surface area contributed by atoms with Gasteiger partial charge in [0.15, 0.2) is 0 Å². The number of nitrogens with one attached hydrogen (secondary N) is 1. The minimum atomic E-state index is -2.42. The van der Waals surface area contributed by atoms with E-state index in [1.54, 1.807) is 12.1 Å². The van der Waals surface area contributed by atoms with Crippen LogP contribution in [0.3, 0.4) is 0 Å². The van der Waals surface area contributed by atoms with Crippen LogP contribution in [0.4, 0.5) is 8.78 Å². The molecule has 2 N–H and O–H groups in total. The van der Waals surface area contributed by atoms with Crippen molar-refractivity contribution < 1.29 is 13.9 Å². The number of rotatable bonds is 7. The number of benzene rings is 1. The van der Waals surface area contributed by atoms with Crippen molar-refractivity contribution in [2.45, 2.75) is 45.2 Å². The van der Waals surface area contributed by atoms with Crippen LogP contribution in [0.5, 0.6) is 0 Å². The summed E-state index contributed by atoms with van der Waals surface area (Å²) in [5.41, 5.74) is 0.707. The minimum absolute atomic E-state index is 0.0400. The molecule has 0 fully saturated rings. The first-order valence-electron chi connectivity index (χ1n) is 6.29. The molecule has 0 bridgehead atoms. The highest BCUT2D eigenvalue weighted by molar-refractivity contribution is 5.23. The van der Waals surface area contributed by atoms with Crippen LogP contribution in [0.1, 0.15) is 44.2 Å². The van der Waals surface area contributed by atoms with E-state index in [0.717, 1.165) is 18.4 Å². The smallest absolute Gasteiger partial charge is 0.263 e. The Hall–Kier alpha value is -1.00. The molecule has 4 heteroatoms. The summed E-state index contributed by atoms with van der Waals surface area (Å²) in [5.74, 6) is 0. The summed E-state index contributed by atoms with van der Waals surface area (Å²) in [7, 11) is 0. The third-order valence-electron chi connectivity index (χ3n) is 3.56. The lowest BCUT2D eigenvalue weighted by Gasteiger charge is -2.31. The molecule has 18 heavy (non-hydrogen) atoms. The maximum Gasteiger partial charge on any atom is 0.263 e. The zero-order valence-corrected chi connectivity index (χ0v) is 10.9. The van der Waals surface area contributed by atoms with Crippen molar-refractivity contribution in [1.29, 1.82) is 0 Å². The molecule has 2 nitrogen and oxygen atoms in total. The number of hydrogen-bond acceptors (Lipinski definition) is 2. The molecule has 0 aromatic heterocycles. The summed E-state index contributed by atoms with van der Waals surface area (Å²) in [4.78, 5) is 0. The van der Waals surface area contributed by atoms with E-state index in [2.05, 4.69) is 5.32 Å². The van der Waals surface area contributed by atoms with Gasteiger partial charge in [0, 0.05) is 17.6 Å². The molecule has 0 heterocycles. The highest BCUT2D eigenvalue weighted by atomic mass is 19.3. The Labute approximate surface area is 107 Å². The van der Waals surface area contributed by atoms with Crippen LogP contribution < -0.4 is 5.32 Å². The van der Waals surface area contributed by atoms with Crippen LogP contribution in [0.15, 0.2) is 24.3 Å². The number of hydrogen-bond donors (Lipinski definition) is 2. The number of alkyl halides is 2. The predicted octanol–water partition coefficient (Wildman–Crippen LogP) is 3.26. The standard InChI is InChI=1S/C14H21F2NO/c1-3-14(4-2,10-18)17-9-11-5-7-12(8-6-11)13(15)16/h5-8,13,17-18H,3-4,9-10H2,1-2H3. The first-order chi connectivity index (χ1) is 8.56. The van der Waals surface area contributed by atoms with E-state index < -0.39 is 6.43 Å². The fourth-order valence-corrected chi connectivity index (χ4v) is 1.85. The van der Waals surface area contributed by atoms with Crippen molar-refractivity contribution in [1.82, 2.24) is 5.32 Å². The molecule has 0 saturated carbocycles. The Morgan fingerprint density at radius 2 is 1.72 bits per heavy atom. The van der Waals surface area contributed by atoms with Gasteiger partial charge in [0.25, 0.3) is 6.43 Å². The average Bonchev–Trinajstić information content (AvgIpc) is 2.41. The SMILES string of the molecule is CCC(CC)(CO)NCc1ccc(C(F)F)cc1. The Morgan fingerprint density at radius 1 is 1.17 bits per heavy atom. The largest absolute Gasteiger partial charge is 0.394 e. The van der Waals surface area contributed by atoms with Gasteiger partial charge < -0.3 is 10.4 Å². The highest BCUT2D eigenvalue weighted by Gasteiger charge is 2.23. The van der Waals surface area contributed by atoms with Crippen LogP contribution >= 0.6 is 0 Å². The van der Waals surface area contributed by atoms with Gasteiger partial charge >= 0.3 is 0 Å². The average molecular weight is 257 g/mol. The first-order valence-corrected chi connectivity index (χ1v) is 6.29. The van der Waals surface area contributed by atoms with Gasteiger partial charge in [-0.05, 0) is 18.4 Å². The van der Waals surface area contributed by atoms with Gasteiger partial charge in [0.1, 0.15) is 0 Å². The normalized spacial score (nSPS) is 12.1. The van der Waals surface area contributed by atoms with E-state index in [4.69, 9.17) is 0 Å². The molecule has 0 atom stereocenters. The maximum absolute atomic E-state index is 12.4. The monoisotopic (exact) mass is 257 g/mol. The van der Waals surface area contributed by atoms with Crippen LogP contribution in [-0.2, 0) is 6.54 Å². The topological polar surface area (TPSA) is 32.3 Å². The van der Waals surface area contributed by atoms with Crippen LogP contribution in [-0.4, -0.2) is 17.3 Å². The van der Waals surface area contributed by atoms with Crippen molar-refractivity contribution in [3.63, 3.8) is 0 Å². The highest BCUT2D eigenvalue weighted by Crippen LogP contribution is 2.19. The van der Waals surface area contributed by atoms with Crippen molar-refractivity contribution >= 4 is 0 Å². The lowest BCUT2D eigenvalue weighted by Crippen LogP contribution is -2.47. The zero-order valence-electron chi connectivity index (χ0n) is 10.9. The van der Waals surface area contributed by atoms with Crippen LogP contribution in [0, 0.1) is 0 Å². The van der Waals surface area contributed by atoms with Gasteiger partial charge in [-0.3, -0.25) is 0 Å². The van der Waals surface area contributed by atoms with E-state index >= 15 is 0 Å². The molecule has 0 spiro atoms. The van der Waals surface area contributed by atoms with Crippen LogP contribution in [0.2, 0.25) is 0 Å². The fraction of sp³-hybridized carbons (Fsp3) is 0.571. The van der Waals surface area contributed by atoms with Gasteiger partial charge in [0.05, 0.1) is 6.61 Å². The van der Waals surface area contributed by atoms with E-state index in [0.29, 0.717) is 6.54 Å². The summed E-state index contributed by atoms with van der Waals surface area (Å²) in [6, 6.07) is 6.28. The molecule has 0 aliphatic heterocycles. The molecule has 0 aliphatic carbocycles. The quantitative estimate of drug-likeness (QED) is 0.785.